The molecule has 0 N–H and O–H groups in total. The molecule has 1 rings (SSSR count). The number of allylic oxidation sites excluding steroid dienone is 2. The van der Waals surface area contributed by atoms with Crippen LogP contribution in [0.5, 0.6) is 0 Å². The van der Waals surface area contributed by atoms with Crippen LogP contribution in [0.4, 0.5) is 0 Å². The molecule has 0 heterocycles. The Bertz CT molecular complexity index is 151. The number of ether oxygens (including phenoxy) is 1. The highest BCUT2D eigenvalue weighted by atomic mass is 16.5. The van der Waals surface area contributed by atoms with Crippen molar-refractivity contribution in [2.75, 3.05) is 7.11 Å². The van der Waals surface area contributed by atoms with Crippen molar-refractivity contribution in [3.05, 3.63) is 12.2 Å². The van der Waals surface area contributed by atoms with Crippen LogP contribution >= 0.6 is 0 Å². The molecular weight excluding hydrogens is 208 g/mol. The monoisotopic (exact) mass is 242 g/mol. The zero-order chi connectivity index (χ0) is 13.6. The van der Waals surface area contributed by atoms with Crippen molar-refractivity contribution >= 4 is 0 Å². The SMILES string of the molecule is C/C=C/CCCCC1(OC)CCC1.CC.CC. The van der Waals surface area contributed by atoms with E-state index in [-0.39, 0.29) is 5.60 Å². The van der Waals surface area contributed by atoms with Gasteiger partial charge in [-0.2, -0.15) is 0 Å². The second kappa shape index (κ2) is 13.8. The summed E-state index contributed by atoms with van der Waals surface area (Å²) in [6, 6.07) is 0. The summed E-state index contributed by atoms with van der Waals surface area (Å²) < 4.78 is 5.56. The lowest BCUT2D eigenvalue weighted by atomic mass is 9.76. The molecule has 1 aliphatic rings. The first kappa shape index (κ1) is 19.0. The standard InChI is InChI=1S/C12H22O.2C2H6/c1-3-4-5-6-7-9-12(13-2)10-8-11-12;2*1-2/h3-4H,5-11H2,1-2H3;2*1-2H3/b4-3+;;. The van der Waals surface area contributed by atoms with Gasteiger partial charge in [0.1, 0.15) is 0 Å². The molecule has 0 aromatic rings. The summed E-state index contributed by atoms with van der Waals surface area (Å²) in [5.74, 6) is 0. The molecular formula is C16H34O. The molecule has 0 bridgehead atoms. The molecule has 104 valence electrons. The predicted molar refractivity (Wildman–Crippen MR) is 79.6 cm³/mol. The molecule has 0 aromatic heterocycles. The van der Waals surface area contributed by atoms with Crippen molar-refractivity contribution in [2.45, 2.75) is 85.2 Å². The van der Waals surface area contributed by atoms with Crippen LogP contribution in [0.2, 0.25) is 0 Å². The molecule has 1 aliphatic carbocycles. The lowest BCUT2D eigenvalue weighted by Crippen LogP contribution is -2.38. The van der Waals surface area contributed by atoms with Crippen LogP contribution in [0.25, 0.3) is 0 Å². The van der Waals surface area contributed by atoms with Gasteiger partial charge in [0.15, 0.2) is 0 Å². The Morgan fingerprint density at radius 1 is 1.06 bits per heavy atom. The lowest BCUT2D eigenvalue weighted by Gasteiger charge is -2.40. The van der Waals surface area contributed by atoms with Crippen LogP contribution in [0.15, 0.2) is 12.2 Å². The van der Waals surface area contributed by atoms with E-state index in [1.165, 1.54) is 44.9 Å². The Morgan fingerprint density at radius 2 is 1.65 bits per heavy atom. The first-order valence-corrected chi connectivity index (χ1v) is 7.49. The van der Waals surface area contributed by atoms with Crippen LogP contribution in [0.1, 0.15) is 79.6 Å². The van der Waals surface area contributed by atoms with Gasteiger partial charge in [-0.25, -0.2) is 0 Å². The Morgan fingerprint density at radius 3 is 2.00 bits per heavy atom. The molecule has 0 unspecified atom stereocenters. The minimum absolute atomic E-state index is 0.288. The smallest absolute Gasteiger partial charge is 0.0678 e. The van der Waals surface area contributed by atoms with E-state index < -0.39 is 0 Å². The van der Waals surface area contributed by atoms with Crippen LogP contribution in [0, 0.1) is 0 Å². The van der Waals surface area contributed by atoms with Crippen LogP contribution in [-0.2, 0) is 4.74 Å². The van der Waals surface area contributed by atoms with Gasteiger partial charge < -0.3 is 4.74 Å². The first-order valence-electron chi connectivity index (χ1n) is 7.49. The highest BCUT2D eigenvalue weighted by molar-refractivity contribution is 4.89. The highest BCUT2D eigenvalue weighted by Gasteiger charge is 2.35. The van der Waals surface area contributed by atoms with Gasteiger partial charge in [-0.3, -0.25) is 0 Å². The van der Waals surface area contributed by atoms with Gasteiger partial charge in [-0.1, -0.05) is 46.3 Å². The number of hydrogen-bond acceptors (Lipinski definition) is 1. The topological polar surface area (TPSA) is 9.23 Å². The molecule has 0 aliphatic heterocycles. The van der Waals surface area contributed by atoms with Crippen molar-refractivity contribution in [3.8, 4) is 0 Å². The molecule has 0 aromatic carbocycles. The fraction of sp³-hybridized carbons (Fsp3) is 0.875. The van der Waals surface area contributed by atoms with Crippen molar-refractivity contribution in [1.29, 1.82) is 0 Å². The summed E-state index contributed by atoms with van der Waals surface area (Å²) >= 11 is 0. The largest absolute Gasteiger partial charge is 0.378 e. The van der Waals surface area contributed by atoms with Crippen molar-refractivity contribution in [2.24, 2.45) is 0 Å². The molecule has 0 radical (unpaired) electrons. The Hall–Kier alpha value is -0.300. The summed E-state index contributed by atoms with van der Waals surface area (Å²) in [6.45, 7) is 10.1. The third kappa shape index (κ3) is 8.43. The van der Waals surface area contributed by atoms with E-state index in [2.05, 4.69) is 19.1 Å². The van der Waals surface area contributed by atoms with Gasteiger partial charge in [-0.05, 0) is 45.4 Å². The van der Waals surface area contributed by atoms with E-state index in [1.807, 2.05) is 34.8 Å². The van der Waals surface area contributed by atoms with Crippen LogP contribution in [0.3, 0.4) is 0 Å². The summed E-state index contributed by atoms with van der Waals surface area (Å²) in [7, 11) is 1.87. The predicted octanol–water partition coefficient (Wildman–Crippen LogP) is 5.74. The average Bonchev–Trinajstić information content (AvgIpc) is 2.37. The van der Waals surface area contributed by atoms with E-state index in [1.54, 1.807) is 0 Å². The summed E-state index contributed by atoms with van der Waals surface area (Å²) in [6.07, 6.45) is 13.4. The van der Waals surface area contributed by atoms with Crippen molar-refractivity contribution in [3.63, 3.8) is 0 Å². The Labute approximate surface area is 110 Å². The summed E-state index contributed by atoms with van der Waals surface area (Å²) in [4.78, 5) is 0. The Kier molecular flexibility index (Phi) is 15.4. The average molecular weight is 242 g/mol. The van der Waals surface area contributed by atoms with Gasteiger partial charge in [0.05, 0.1) is 5.60 Å². The molecule has 1 fully saturated rings. The van der Waals surface area contributed by atoms with E-state index >= 15 is 0 Å². The van der Waals surface area contributed by atoms with Gasteiger partial charge >= 0.3 is 0 Å². The maximum Gasteiger partial charge on any atom is 0.0678 e. The number of methoxy groups -OCH3 is 1. The second-order valence-corrected chi connectivity index (χ2v) is 4.06. The van der Waals surface area contributed by atoms with E-state index in [9.17, 15) is 0 Å². The first-order chi connectivity index (χ1) is 8.33. The molecule has 0 saturated heterocycles. The van der Waals surface area contributed by atoms with Crippen LogP contribution < -0.4 is 0 Å². The second-order valence-electron chi connectivity index (χ2n) is 4.06. The third-order valence-corrected chi connectivity index (χ3v) is 3.19. The van der Waals surface area contributed by atoms with Gasteiger partial charge in [0.2, 0.25) is 0 Å². The molecule has 1 nitrogen and oxygen atoms in total. The number of rotatable bonds is 6. The maximum atomic E-state index is 5.56. The minimum Gasteiger partial charge on any atom is -0.378 e. The zero-order valence-corrected chi connectivity index (χ0v) is 13.0. The summed E-state index contributed by atoms with van der Waals surface area (Å²) in [5, 5.41) is 0. The van der Waals surface area contributed by atoms with Gasteiger partial charge in [0.25, 0.3) is 0 Å². The maximum absolute atomic E-state index is 5.56. The molecule has 0 spiro atoms. The number of hydrogen-bond donors (Lipinski definition) is 0. The van der Waals surface area contributed by atoms with E-state index in [0.717, 1.165) is 0 Å². The van der Waals surface area contributed by atoms with E-state index in [4.69, 9.17) is 4.74 Å². The van der Waals surface area contributed by atoms with E-state index in [0.29, 0.717) is 0 Å². The fourth-order valence-corrected chi connectivity index (χ4v) is 2.00. The Balaban J connectivity index is 0. The van der Waals surface area contributed by atoms with Crippen molar-refractivity contribution < 1.29 is 4.74 Å². The van der Waals surface area contributed by atoms with Crippen LogP contribution in [-0.4, -0.2) is 12.7 Å². The zero-order valence-electron chi connectivity index (χ0n) is 13.0. The normalized spacial score (nSPS) is 16.4. The molecule has 0 amide bonds. The molecule has 17 heavy (non-hydrogen) atoms. The van der Waals surface area contributed by atoms with Gasteiger partial charge in [-0.15, -0.1) is 0 Å². The lowest BCUT2D eigenvalue weighted by molar-refractivity contribution is -0.0788. The van der Waals surface area contributed by atoms with Gasteiger partial charge in [0, 0.05) is 7.11 Å². The number of unbranched alkanes of at least 4 members (excludes halogenated alkanes) is 2. The third-order valence-electron chi connectivity index (χ3n) is 3.19. The molecule has 0 atom stereocenters. The summed E-state index contributed by atoms with van der Waals surface area (Å²) in [5.41, 5.74) is 0.288. The fourth-order valence-electron chi connectivity index (χ4n) is 2.00. The molecule has 1 heteroatoms. The quantitative estimate of drug-likeness (QED) is 0.426. The highest BCUT2D eigenvalue weighted by Crippen LogP contribution is 2.39. The minimum atomic E-state index is 0.288. The molecule has 1 saturated carbocycles. The van der Waals surface area contributed by atoms with Crippen molar-refractivity contribution in [1.82, 2.24) is 0 Å².